The number of hydrogen-bond acceptors (Lipinski definition) is 6. The van der Waals surface area contributed by atoms with Gasteiger partial charge in [-0.2, -0.15) is 10.1 Å². The molecule has 2 aliphatic rings. The lowest BCUT2D eigenvalue weighted by atomic mass is 9.97. The van der Waals surface area contributed by atoms with E-state index in [1.54, 1.807) is 19.5 Å². The average Bonchev–Trinajstić information content (AvgIpc) is 3.53. The molecule has 2 aliphatic heterocycles. The summed E-state index contributed by atoms with van der Waals surface area (Å²) in [5, 5.41) is 9.82. The maximum absolute atomic E-state index is 12.8. The summed E-state index contributed by atoms with van der Waals surface area (Å²) in [4.78, 5) is 21.9. The number of carbonyl (C=O) groups excluding carboxylic acids is 1. The molecule has 36 heavy (non-hydrogen) atoms. The molecule has 0 bridgehead atoms. The highest BCUT2D eigenvalue weighted by Gasteiger charge is 2.36. The maximum Gasteiger partial charge on any atom is 0.286 e. The lowest BCUT2D eigenvalue weighted by molar-refractivity contribution is -0.113. The number of ether oxygens (including phenoxy) is 1. The molecule has 7 heteroatoms. The monoisotopic (exact) mass is 490 g/mol. The van der Waals surface area contributed by atoms with Crippen LogP contribution < -0.4 is 4.74 Å². The standard InChI is InChI=1S/C29H22N4O2S/c1-35-24-12-10-21(11-13-24)26-17-25(23-9-8-20-6-2-3-7-22(20)16-23)32-33(26)29-31-28(34)27(36-29)15-19-5-4-14-30-18-19/h2-16,18,26H,17H2,1H3/b27-15-. The van der Waals surface area contributed by atoms with E-state index in [9.17, 15) is 4.79 Å². The Morgan fingerprint density at radius 1 is 1.00 bits per heavy atom. The second-order valence-corrected chi connectivity index (χ2v) is 9.55. The van der Waals surface area contributed by atoms with E-state index in [2.05, 4.69) is 40.3 Å². The van der Waals surface area contributed by atoms with Crippen molar-refractivity contribution < 1.29 is 9.53 Å². The Bertz CT molecular complexity index is 1540. The molecule has 0 aliphatic carbocycles. The topological polar surface area (TPSA) is 67.2 Å². The smallest absolute Gasteiger partial charge is 0.286 e. The van der Waals surface area contributed by atoms with Crippen molar-refractivity contribution in [3.05, 3.63) is 113 Å². The van der Waals surface area contributed by atoms with Crippen LogP contribution in [-0.2, 0) is 4.79 Å². The van der Waals surface area contributed by atoms with Crippen molar-refractivity contribution in [1.29, 1.82) is 0 Å². The summed E-state index contributed by atoms with van der Waals surface area (Å²) in [7, 11) is 1.66. The molecular weight excluding hydrogens is 468 g/mol. The molecule has 0 fully saturated rings. The highest BCUT2D eigenvalue weighted by Crippen LogP contribution is 2.40. The van der Waals surface area contributed by atoms with Crippen LogP contribution in [0.25, 0.3) is 16.8 Å². The van der Waals surface area contributed by atoms with Gasteiger partial charge in [-0.05, 0) is 69.6 Å². The Balaban J connectivity index is 1.36. The first-order valence-electron chi connectivity index (χ1n) is 11.6. The van der Waals surface area contributed by atoms with E-state index in [1.807, 2.05) is 59.6 Å². The zero-order valence-electron chi connectivity index (χ0n) is 19.5. The Morgan fingerprint density at radius 2 is 1.83 bits per heavy atom. The van der Waals surface area contributed by atoms with Gasteiger partial charge in [-0.3, -0.25) is 9.78 Å². The van der Waals surface area contributed by atoms with Crippen molar-refractivity contribution in [3.63, 3.8) is 0 Å². The molecule has 3 heterocycles. The Hall–Kier alpha value is -4.23. The minimum atomic E-state index is -0.262. The van der Waals surface area contributed by atoms with Crippen molar-refractivity contribution in [3.8, 4) is 5.75 Å². The van der Waals surface area contributed by atoms with E-state index < -0.39 is 0 Å². The number of methoxy groups -OCH3 is 1. The van der Waals surface area contributed by atoms with Gasteiger partial charge in [0.05, 0.1) is 23.8 Å². The summed E-state index contributed by atoms with van der Waals surface area (Å²) in [6, 6.07) is 26.4. The number of aromatic nitrogens is 1. The molecule has 1 atom stereocenters. The number of thioether (sulfide) groups is 1. The number of fused-ring (bicyclic) bond motifs is 1. The summed E-state index contributed by atoms with van der Waals surface area (Å²) >= 11 is 1.34. The zero-order valence-corrected chi connectivity index (χ0v) is 20.4. The van der Waals surface area contributed by atoms with Crippen LogP contribution in [0.5, 0.6) is 5.75 Å². The highest BCUT2D eigenvalue weighted by atomic mass is 32.2. The average molecular weight is 491 g/mol. The van der Waals surface area contributed by atoms with Gasteiger partial charge in [0.2, 0.25) is 0 Å². The number of benzene rings is 3. The van der Waals surface area contributed by atoms with Crippen molar-refractivity contribution in [2.24, 2.45) is 10.1 Å². The molecule has 6 rings (SSSR count). The van der Waals surface area contributed by atoms with Crippen LogP contribution in [0.4, 0.5) is 0 Å². The van der Waals surface area contributed by atoms with Gasteiger partial charge in [0.15, 0.2) is 5.17 Å². The highest BCUT2D eigenvalue weighted by molar-refractivity contribution is 8.18. The minimum Gasteiger partial charge on any atom is -0.497 e. The molecule has 0 N–H and O–H groups in total. The van der Waals surface area contributed by atoms with Gasteiger partial charge in [0, 0.05) is 18.8 Å². The summed E-state index contributed by atoms with van der Waals surface area (Å²) in [6.07, 6.45) is 5.95. The number of amides is 1. The van der Waals surface area contributed by atoms with Crippen molar-refractivity contribution in [2.45, 2.75) is 12.5 Å². The van der Waals surface area contributed by atoms with Crippen molar-refractivity contribution >= 4 is 45.4 Å². The third kappa shape index (κ3) is 4.29. The van der Waals surface area contributed by atoms with E-state index >= 15 is 0 Å². The Labute approximate surface area is 213 Å². The molecule has 0 radical (unpaired) electrons. The summed E-state index contributed by atoms with van der Waals surface area (Å²) < 4.78 is 5.35. The van der Waals surface area contributed by atoms with Gasteiger partial charge >= 0.3 is 0 Å². The summed E-state index contributed by atoms with van der Waals surface area (Å²) in [5.74, 6) is 0.533. The molecule has 6 nitrogen and oxygen atoms in total. The second-order valence-electron chi connectivity index (χ2n) is 8.54. The number of nitrogens with zero attached hydrogens (tertiary/aromatic N) is 4. The van der Waals surface area contributed by atoms with Crippen LogP contribution in [0.15, 0.2) is 106 Å². The van der Waals surface area contributed by atoms with Crippen molar-refractivity contribution in [2.75, 3.05) is 7.11 Å². The molecule has 4 aromatic rings. The van der Waals surface area contributed by atoms with Crippen LogP contribution in [0.2, 0.25) is 0 Å². The maximum atomic E-state index is 12.8. The summed E-state index contributed by atoms with van der Waals surface area (Å²) in [5.41, 5.74) is 3.96. The molecule has 1 aromatic heterocycles. The first-order valence-corrected chi connectivity index (χ1v) is 12.4. The van der Waals surface area contributed by atoms with Crippen LogP contribution in [0.1, 0.15) is 29.2 Å². The predicted octanol–water partition coefficient (Wildman–Crippen LogP) is 6.07. The lowest BCUT2D eigenvalue weighted by Gasteiger charge is -2.22. The van der Waals surface area contributed by atoms with Crippen molar-refractivity contribution in [1.82, 2.24) is 9.99 Å². The molecular formula is C29H22N4O2S. The number of aliphatic imine (C=N–C) groups is 1. The fraction of sp³-hybridized carbons (Fsp3) is 0.103. The third-order valence-corrected chi connectivity index (χ3v) is 7.25. The normalized spacial score (nSPS) is 18.6. The number of carbonyl (C=O) groups is 1. The number of hydrogen-bond donors (Lipinski definition) is 0. The van der Waals surface area contributed by atoms with Crippen LogP contribution in [0.3, 0.4) is 0 Å². The van der Waals surface area contributed by atoms with E-state index in [0.717, 1.165) is 28.2 Å². The van der Waals surface area contributed by atoms with Crippen LogP contribution >= 0.6 is 11.8 Å². The molecule has 0 saturated carbocycles. The molecule has 176 valence electrons. The number of amidine groups is 1. The van der Waals surface area contributed by atoms with Crippen LogP contribution in [0, 0.1) is 0 Å². The van der Waals surface area contributed by atoms with Gasteiger partial charge in [-0.15, -0.1) is 0 Å². The number of rotatable bonds is 4. The van der Waals surface area contributed by atoms with Gasteiger partial charge in [-0.25, -0.2) is 5.01 Å². The first-order chi connectivity index (χ1) is 17.7. The third-order valence-electron chi connectivity index (χ3n) is 6.28. The Kier molecular flexibility index (Phi) is 5.83. The fourth-order valence-electron chi connectivity index (χ4n) is 4.42. The zero-order chi connectivity index (χ0) is 24.5. The SMILES string of the molecule is COc1ccc(C2CC(c3ccc4ccccc4c3)=NN2C2=NC(=O)/C(=C/c3cccnc3)S2)cc1. The van der Waals surface area contributed by atoms with E-state index in [1.165, 1.54) is 22.5 Å². The van der Waals surface area contributed by atoms with Gasteiger partial charge in [-0.1, -0.05) is 54.6 Å². The van der Waals surface area contributed by atoms with Crippen LogP contribution in [-0.4, -0.2) is 33.9 Å². The van der Waals surface area contributed by atoms with Gasteiger partial charge in [0.1, 0.15) is 5.75 Å². The Morgan fingerprint density at radius 3 is 2.61 bits per heavy atom. The molecule has 0 saturated heterocycles. The largest absolute Gasteiger partial charge is 0.497 e. The molecule has 1 unspecified atom stereocenters. The molecule has 3 aromatic carbocycles. The number of hydrazone groups is 1. The second kappa shape index (κ2) is 9.43. The molecule has 0 spiro atoms. The lowest BCUT2D eigenvalue weighted by Crippen LogP contribution is -2.23. The molecule has 1 amide bonds. The predicted molar refractivity (Wildman–Crippen MR) is 145 cm³/mol. The van der Waals surface area contributed by atoms with E-state index in [4.69, 9.17) is 9.84 Å². The fourth-order valence-corrected chi connectivity index (χ4v) is 5.34. The number of pyridine rings is 1. The van der Waals surface area contributed by atoms with E-state index in [-0.39, 0.29) is 11.9 Å². The summed E-state index contributed by atoms with van der Waals surface area (Å²) in [6.45, 7) is 0. The first kappa shape index (κ1) is 22.2. The van der Waals surface area contributed by atoms with Gasteiger partial charge in [0.25, 0.3) is 5.91 Å². The quantitative estimate of drug-likeness (QED) is 0.325. The van der Waals surface area contributed by atoms with Gasteiger partial charge < -0.3 is 4.74 Å². The van der Waals surface area contributed by atoms with E-state index in [0.29, 0.717) is 16.5 Å². The minimum absolute atomic E-state index is 0.0887.